The average molecular weight is 282 g/mol. The van der Waals surface area contributed by atoms with Crippen molar-refractivity contribution >= 4 is 17.5 Å². The minimum absolute atomic E-state index is 0.0523. The molecule has 0 radical (unpaired) electrons. The molecule has 4 nitrogen and oxygen atoms in total. The van der Waals surface area contributed by atoms with E-state index in [1.54, 1.807) is 24.3 Å². The third kappa shape index (κ3) is 4.45. The van der Waals surface area contributed by atoms with Crippen LogP contribution in [0.4, 0.5) is 5.69 Å². The lowest BCUT2D eigenvalue weighted by Gasteiger charge is -2.07. The van der Waals surface area contributed by atoms with Crippen LogP contribution in [0, 0.1) is 0 Å². The highest BCUT2D eigenvalue weighted by Gasteiger charge is 2.07. The fraction of sp³-hybridized carbons (Fsp3) is 0.176. The van der Waals surface area contributed by atoms with Gasteiger partial charge in [-0.1, -0.05) is 37.3 Å². The van der Waals surface area contributed by atoms with Crippen molar-refractivity contribution in [3.05, 3.63) is 65.7 Å². The van der Waals surface area contributed by atoms with Gasteiger partial charge in [-0.3, -0.25) is 9.59 Å². The van der Waals surface area contributed by atoms with Crippen LogP contribution in [-0.2, 0) is 11.2 Å². The first-order chi connectivity index (χ1) is 10.2. The molecule has 2 aromatic carbocycles. The van der Waals surface area contributed by atoms with E-state index in [4.69, 9.17) is 0 Å². The standard InChI is InChI=1S/C17H18N2O2/c1-2-13-8-10-15(11-9-13)19-16(20)12-18-17(21)14-6-4-3-5-7-14/h3-11H,2,12H2,1H3,(H,18,21)(H,19,20). The number of carbonyl (C=O) groups excluding carboxylic acids is 2. The van der Waals surface area contributed by atoms with Crippen LogP contribution >= 0.6 is 0 Å². The van der Waals surface area contributed by atoms with E-state index >= 15 is 0 Å². The Morgan fingerprint density at radius 2 is 1.62 bits per heavy atom. The maximum atomic E-state index is 11.8. The number of rotatable bonds is 5. The van der Waals surface area contributed by atoms with Gasteiger partial charge in [-0.25, -0.2) is 0 Å². The van der Waals surface area contributed by atoms with Gasteiger partial charge in [-0.05, 0) is 36.2 Å². The van der Waals surface area contributed by atoms with Gasteiger partial charge < -0.3 is 10.6 Å². The number of anilines is 1. The van der Waals surface area contributed by atoms with E-state index in [1.165, 1.54) is 5.56 Å². The van der Waals surface area contributed by atoms with Gasteiger partial charge in [0.15, 0.2) is 0 Å². The molecule has 2 rings (SSSR count). The van der Waals surface area contributed by atoms with Gasteiger partial charge in [-0.15, -0.1) is 0 Å². The number of hydrogen-bond acceptors (Lipinski definition) is 2. The van der Waals surface area contributed by atoms with Gasteiger partial charge in [0.2, 0.25) is 5.91 Å². The molecule has 2 N–H and O–H groups in total. The number of aryl methyl sites for hydroxylation is 1. The highest BCUT2D eigenvalue weighted by atomic mass is 16.2. The summed E-state index contributed by atoms with van der Waals surface area (Å²) in [5.41, 5.74) is 2.48. The number of amides is 2. The van der Waals surface area contributed by atoms with Crippen LogP contribution in [0.2, 0.25) is 0 Å². The van der Waals surface area contributed by atoms with E-state index < -0.39 is 0 Å². The second-order valence-electron chi connectivity index (χ2n) is 4.65. The predicted octanol–water partition coefficient (Wildman–Crippen LogP) is 2.62. The van der Waals surface area contributed by atoms with Gasteiger partial charge in [0.25, 0.3) is 5.91 Å². The van der Waals surface area contributed by atoms with Crippen LogP contribution in [0.5, 0.6) is 0 Å². The minimum Gasteiger partial charge on any atom is -0.343 e. The first-order valence-corrected chi connectivity index (χ1v) is 6.91. The molecule has 0 aliphatic rings. The molecule has 0 saturated carbocycles. The quantitative estimate of drug-likeness (QED) is 0.885. The molecular formula is C17H18N2O2. The number of benzene rings is 2. The van der Waals surface area contributed by atoms with Crippen molar-refractivity contribution in [1.82, 2.24) is 5.32 Å². The van der Waals surface area contributed by atoms with E-state index in [9.17, 15) is 9.59 Å². The first-order valence-electron chi connectivity index (χ1n) is 6.91. The van der Waals surface area contributed by atoms with Crippen molar-refractivity contribution in [1.29, 1.82) is 0 Å². The van der Waals surface area contributed by atoms with E-state index in [0.29, 0.717) is 5.56 Å². The topological polar surface area (TPSA) is 58.2 Å². The normalized spacial score (nSPS) is 9.95. The molecule has 0 aliphatic carbocycles. The van der Waals surface area contributed by atoms with Crippen LogP contribution in [0.3, 0.4) is 0 Å². The van der Waals surface area contributed by atoms with Gasteiger partial charge >= 0.3 is 0 Å². The van der Waals surface area contributed by atoms with Crippen molar-refractivity contribution < 1.29 is 9.59 Å². The second kappa shape index (κ2) is 7.24. The third-order valence-corrected chi connectivity index (χ3v) is 3.09. The summed E-state index contributed by atoms with van der Waals surface area (Å²) in [6.45, 7) is 2.02. The second-order valence-corrected chi connectivity index (χ2v) is 4.65. The van der Waals surface area contributed by atoms with E-state index in [2.05, 4.69) is 17.6 Å². The summed E-state index contributed by atoms with van der Waals surface area (Å²) in [5.74, 6) is -0.504. The Hall–Kier alpha value is -2.62. The van der Waals surface area contributed by atoms with Gasteiger partial charge in [0.05, 0.1) is 6.54 Å². The number of carbonyl (C=O) groups is 2. The molecule has 108 valence electrons. The molecule has 4 heteroatoms. The molecule has 0 aliphatic heterocycles. The zero-order valence-electron chi connectivity index (χ0n) is 11.9. The summed E-state index contributed by atoms with van der Waals surface area (Å²) in [6, 6.07) is 16.5. The highest BCUT2D eigenvalue weighted by Crippen LogP contribution is 2.09. The Morgan fingerprint density at radius 3 is 2.24 bits per heavy atom. The van der Waals surface area contributed by atoms with Crippen LogP contribution in [0.1, 0.15) is 22.8 Å². The lowest BCUT2D eigenvalue weighted by molar-refractivity contribution is -0.115. The fourth-order valence-corrected chi connectivity index (χ4v) is 1.88. The van der Waals surface area contributed by atoms with Crippen molar-refractivity contribution in [2.24, 2.45) is 0 Å². The summed E-state index contributed by atoms with van der Waals surface area (Å²) >= 11 is 0. The lowest BCUT2D eigenvalue weighted by atomic mass is 10.1. The van der Waals surface area contributed by atoms with Crippen molar-refractivity contribution in [3.8, 4) is 0 Å². The summed E-state index contributed by atoms with van der Waals surface area (Å²) < 4.78 is 0. The number of hydrogen-bond donors (Lipinski definition) is 2. The van der Waals surface area contributed by atoms with Crippen LogP contribution in [0.15, 0.2) is 54.6 Å². The molecule has 2 aromatic rings. The molecule has 0 saturated heterocycles. The lowest BCUT2D eigenvalue weighted by Crippen LogP contribution is -2.32. The minimum atomic E-state index is -0.257. The average Bonchev–Trinajstić information content (AvgIpc) is 2.54. The molecule has 0 bridgehead atoms. The van der Waals surface area contributed by atoms with E-state index in [-0.39, 0.29) is 18.4 Å². The Kier molecular flexibility index (Phi) is 5.10. The van der Waals surface area contributed by atoms with Crippen LogP contribution < -0.4 is 10.6 Å². The van der Waals surface area contributed by atoms with Crippen molar-refractivity contribution in [2.45, 2.75) is 13.3 Å². The Morgan fingerprint density at radius 1 is 0.952 bits per heavy atom. The molecular weight excluding hydrogens is 264 g/mol. The summed E-state index contributed by atoms with van der Waals surface area (Å²) in [4.78, 5) is 23.6. The fourth-order valence-electron chi connectivity index (χ4n) is 1.88. The maximum absolute atomic E-state index is 11.8. The molecule has 0 fully saturated rings. The largest absolute Gasteiger partial charge is 0.343 e. The smallest absolute Gasteiger partial charge is 0.251 e. The first kappa shape index (κ1) is 14.8. The molecule has 0 atom stereocenters. The highest BCUT2D eigenvalue weighted by molar-refractivity contribution is 5.99. The molecule has 0 unspecified atom stereocenters. The van der Waals surface area contributed by atoms with Crippen LogP contribution in [0.25, 0.3) is 0 Å². The van der Waals surface area contributed by atoms with Crippen molar-refractivity contribution in [3.63, 3.8) is 0 Å². The molecule has 0 heterocycles. The predicted molar refractivity (Wildman–Crippen MR) is 83.2 cm³/mol. The zero-order valence-corrected chi connectivity index (χ0v) is 11.9. The van der Waals surface area contributed by atoms with Gasteiger partial charge in [0, 0.05) is 11.3 Å². The van der Waals surface area contributed by atoms with Crippen molar-refractivity contribution in [2.75, 3.05) is 11.9 Å². The Balaban J connectivity index is 1.83. The molecule has 21 heavy (non-hydrogen) atoms. The monoisotopic (exact) mass is 282 g/mol. The Bertz CT molecular complexity index is 606. The van der Waals surface area contributed by atoms with E-state index in [1.807, 2.05) is 30.3 Å². The zero-order chi connectivity index (χ0) is 15.1. The van der Waals surface area contributed by atoms with E-state index in [0.717, 1.165) is 12.1 Å². The van der Waals surface area contributed by atoms with Crippen LogP contribution in [-0.4, -0.2) is 18.4 Å². The Labute approximate surface area is 124 Å². The van der Waals surface area contributed by atoms with Gasteiger partial charge in [-0.2, -0.15) is 0 Å². The third-order valence-electron chi connectivity index (χ3n) is 3.09. The summed E-state index contributed by atoms with van der Waals surface area (Å²) in [7, 11) is 0. The summed E-state index contributed by atoms with van der Waals surface area (Å²) in [6.07, 6.45) is 0.960. The molecule has 2 amide bonds. The van der Waals surface area contributed by atoms with Gasteiger partial charge in [0.1, 0.15) is 0 Å². The molecule has 0 aromatic heterocycles. The molecule has 0 spiro atoms. The summed E-state index contributed by atoms with van der Waals surface area (Å²) in [5, 5.41) is 5.34. The number of nitrogens with one attached hydrogen (secondary N) is 2. The maximum Gasteiger partial charge on any atom is 0.251 e. The SMILES string of the molecule is CCc1ccc(NC(=O)CNC(=O)c2ccccc2)cc1.